The summed E-state index contributed by atoms with van der Waals surface area (Å²) < 4.78 is 0. The zero-order valence-corrected chi connectivity index (χ0v) is 8.16. The molecule has 0 aliphatic heterocycles. The number of carboxylic acid groups (broad SMARTS) is 1. The van der Waals surface area contributed by atoms with Crippen LogP contribution in [-0.4, -0.2) is 22.6 Å². The first-order chi connectivity index (χ1) is 7.27. The number of hydrogen-bond acceptors (Lipinski definition) is 2. The Balaban J connectivity index is 2.13. The van der Waals surface area contributed by atoms with Crippen LogP contribution < -0.4 is 5.32 Å². The van der Waals surface area contributed by atoms with Crippen molar-refractivity contribution in [2.75, 3.05) is 6.54 Å². The monoisotopic (exact) mass is 204 g/mol. The Kier molecular flexibility index (Phi) is 2.69. The van der Waals surface area contributed by atoms with Gasteiger partial charge in [0.05, 0.1) is 6.54 Å². The first-order valence-corrected chi connectivity index (χ1v) is 4.75. The standard InChI is InChI=1S/C11H12N2O2/c14-11(15)7-12-6-8-2-1-3-10-9(8)4-5-13-10/h1-5,12-13H,6-7H2,(H,14,15). The average Bonchev–Trinajstić information content (AvgIpc) is 2.65. The van der Waals surface area contributed by atoms with Crippen molar-refractivity contribution < 1.29 is 9.90 Å². The van der Waals surface area contributed by atoms with Crippen LogP contribution in [0, 0.1) is 0 Å². The fraction of sp³-hybridized carbons (Fsp3) is 0.182. The molecule has 0 aliphatic rings. The van der Waals surface area contributed by atoms with Crippen molar-refractivity contribution in [3.63, 3.8) is 0 Å². The second-order valence-corrected chi connectivity index (χ2v) is 3.35. The smallest absolute Gasteiger partial charge is 0.317 e. The molecular formula is C11H12N2O2. The highest BCUT2D eigenvalue weighted by molar-refractivity contribution is 5.82. The summed E-state index contributed by atoms with van der Waals surface area (Å²) in [6.07, 6.45) is 1.88. The molecule has 0 unspecified atom stereocenters. The highest BCUT2D eigenvalue weighted by Gasteiger charge is 2.01. The predicted molar refractivity (Wildman–Crippen MR) is 57.6 cm³/mol. The lowest BCUT2D eigenvalue weighted by Crippen LogP contribution is -2.21. The first kappa shape index (κ1) is 9.73. The lowest BCUT2D eigenvalue weighted by molar-refractivity contribution is -0.135. The minimum Gasteiger partial charge on any atom is -0.480 e. The Morgan fingerprint density at radius 1 is 1.40 bits per heavy atom. The van der Waals surface area contributed by atoms with E-state index in [1.165, 1.54) is 0 Å². The maximum absolute atomic E-state index is 10.3. The normalized spacial score (nSPS) is 10.7. The molecule has 0 spiro atoms. The van der Waals surface area contributed by atoms with Crippen LogP contribution in [0.1, 0.15) is 5.56 Å². The molecule has 4 nitrogen and oxygen atoms in total. The van der Waals surface area contributed by atoms with E-state index in [1.807, 2.05) is 30.5 Å². The van der Waals surface area contributed by atoms with Gasteiger partial charge in [-0.3, -0.25) is 4.79 Å². The van der Waals surface area contributed by atoms with Crippen LogP contribution in [-0.2, 0) is 11.3 Å². The highest BCUT2D eigenvalue weighted by atomic mass is 16.4. The van der Waals surface area contributed by atoms with Crippen LogP contribution in [0.2, 0.25) is 0 Å². The molecular weight excluding hydrogens is 192 g/mol. The number of benzene rings is 1. The number of hydrogen-bond donors (Lipinski definition) is 3. The summed E-state index contributed by atoms with van der Waals surface area (Å²) in [7, 11) is 0. The number of aromatic amines is 1. The maximum atomic E-state index is 10.3. The number of aromatic nitrogens is 1. The van der Waals surface area contributed by atoms with Gasteiger partial charge in [0, 0.05) is 23.6 Å². The lowest BCUT2D eigenvalue weighted by atomic mass is 10.1. The highest BCUT2D eigenvalue weighted by Crippen LogP contribution is 2.16. The molecule has 0 aliphatic carbocycles. The van der Waals surface area contributed by atoms with Crippen molar-refractivity contribution >= 4 is 16.9 Å². The van der Waals surface area contributed by atoms with Gasteiger partial charge in [-0.25, -0.2) is 0 Å². The van der Waals surface area contributed by atoms with Crippen LogP contribution in [0.3, 0.4) is 0 Å². The molecule has 15 heavy (non-hydrogen) atoms. The molecule has 4 heteroatoms. The summed E-state index contributed by atoms with van der Waals surface area (Å²) >= 11 is 0. The Bertz CT molecular complexity index is 476. The lowest BCUT2D eigenvalue weighted by Gasteiger charge is -2.03. The average molecular weight is 204 g/mol. The second kappa shape index (κ2) is 4.14. The number of fused-ring (bicyclic) bond motifs is 1. The minimum atomic E-state index is -0.837. The van der Waals surface area contributed by atoms with Crippen LogP contribution in [0.15, 0.2) is 30.5 Å². The summed E-state index contributed by atoms with van der Waals surface area (Å²) in [4.78, 5) is 13.4. The molecule has 0 radical (unpaired) electrons. The summed E-state index contributed by atoms with van der Waals surface area (Å²) in [5.41, 5.74) is 2.18. The van der Waals surface area contributed by atoms with E-state index in [0.717, 1.165) is 16.5 Å². The van der Waals surface area contributed by atoms with Gasteiger partial charge in [0.15, 0.2) is 0 Å². The molecule has 78 valence electrons. The van der Waals surface area contributed by atoms with Gasteiger partial charge in [0.25, 0.3) is 0 Å². The van der Waals surface area contributed by atoms with Crippen LogP contribution in [0.25, 0.3) is 10.9 Å². The maximum Gasteiger partial charge on any atom is 0.317 e. The number of H-pyrrole nitrogens is 1. The quantitative estimate of drug-likeness (QED) is 0.704. The van der Waals surface area contributed by atoms with Crippen molar-refractivity contribution in [3.05, 3.63) is 36.0 Å². The van der Waals surface area contributed by atoms with Gasteiger partial charge in [-0.15, -0.1) is 0 Å². The van der Waals surface area contributed by atoms with Gasteiger partial charge in [0.2, 0.25) is 0 Å². The molecule has 0 bridgehead atoms. The van der Waals surface area contributed by atoms with Gasteiger partial charge < -0.3 is 15.4 Å². The fourth-order valence-electron chi connectivity index (χ4n) is 1.61. The van der Waals surface area contributed by atoms with Crippen molar-refractivity contribution in [3.8, 4) is 0 Å². The second-order valence-electron chi connectivity index (χ2n) is 3.35. The first-order valence-electron chi connectivity index (χ1n) is 4.75. The van der Waals surface area contributed by atoms with Crippen molar-refractivity contribution in [1.82, 2.24) is 10.3 Å². The van der Waals surface area contributed by atoms with E-state index in [4.69, 9.17) is 5.11 Å². The van der Waals surface area contributed by atoms with E-state index in [2.05, 4.69) is 10.3 Å². The Labute approximate surface area is 86.9 Å². The SMILES string of the molecule is O=C(O)CNCc1cccc2[nH]ccc12. The summed E-state index contributed by atoms with van der Waals surface area (Å²) in [5, 5.41) is 12.5. The molecule has 1 heterocycles. The minimum absolute atomic E-state index is 0.0131. The van der Waals surface area contributed by atoms with E-state index in [1.54, 1.807) is 0 Å². The summed E-state index contributed by atoms with van der Waals surface area (Å²) in [6, 6.07) is 7.94. The number of rotatable bonds is 4. The molecule has 0 atom stereocenters. The van der Waals surface area contributed by atoms with E-state index in [-0.39, 0.29) is 6.54 Å². The van der Waals surface area contributed by atoms with E-state index in [9.17, 15) is 4.79 Å². The molecule has 2 rings (SSSR count). The molecule has 0 saturated heterocycles. The van der Waals surface area contributed by atoms with Crippen molar-refractivity contribution in [1.29, 1.82) is 0 Å². The van der Waals surface area contributed by atoms with E-state index < -0.39 is 5.97 Å². The van der Waals surface area contributed by atoms with E-state index in [0.29, 0.717) is 6.54 Å². The van der Waals surface area contributed by atoms with Gasteiger partial charge in [0.1, 0.15) is 0 Å². The fourth-order valence-corrected chi connectivity index (χ4v) is 1.61. The number of carboxylic acids is 1. The zero-order chi connectivity index (χ0) is 10.7. The van der Waals surface area contributed by atoms with Gasteiger partial charge in [-0.05, 0) is 17.7 Å². The van der Waals surface area contributed by atoms with E-state index >= 15 is 0 Å². The number of aliphatic carboxylic acids is 1. The van der Waals surface area contributed by atoms with Crippen LogP contribution in [0.4, 0.5) is 0 Å². The molecule has 2 aromatic rings. The van der Waals surface area contributed by atoms with Crippen LogP contribution in [0.5, 0.6) is 0 Å². The van der Waals surface area contributed by atoms with Gasteiger partial charge >= 0.3 is 5.97 Å². The van der Waals surface area contributed by atoms with Crippen molar-refractivity contribution in [2.24, 2.45) is 0 Å². The van der Waals surface area contributed by atoms with Crippen LogP contribution >= 0.6 is 0 Å². The molecule has 0 amide bonds. The topological polar surface area (TPSA) is 65.1 Å². The predicted octanol–water partition coefficient (Wildman–Crippen LogP) is 1.34. The Morgan fingerprint density at radius 3 is 3.07 bits per heavy atom. The van der Waals surface area contributed by atoms with Gasteiger partial charge in [-0.2, -0.15) is 0 Å². The number of nitrogens with one attached hydrogen (secondary N) is 2. The third kappa shape index (κ3) is 2.16. The molecule has 0 fully saturated rings. The molecule has 0 saturated carbocycles. The summed E-state index contributed by atoms with van der Waals surface area (Å²) in [5.74, 6) is -0.837. The van der Waals surface area contributed by atoms with Crippen molar-refractivity contribution in [2.45, 2.75) is 6.54 Å². The molecule has 3 N–H and O–H groups in total. The third-order valence-corrected chi connectivity index (χ3v) is 2.28. The van der Waals surface area contributed by atoms with Gasteiger partial charge in [-0.1, -0.05) is 12.1 Å². The Hall–Kier alpha value is -1.81. The summed E-state index contributed by atoms with van der Waals surface area (Å²) in [6.45, 7) is 0.558. The molecule has 1 aromatic heterocycles. The number of carbonyl (C=O) groups is 1. The largest absolute Gasteiger partial charge is 0.480 e. The zero-order valence-electron chi connectivity index (χ0n) is 8.16. The Morgan fingerprint density at radius 2 is 2.27 bits per heavy atom. The molecule has 1 aromatic carbocycles. The third-order valence-electron chi connectivity index (χ3n) is 2.28.